The van der Waals surface area contributed by atoms with E-state index < -0.39 is 0 Å². The fourth-order valence-corrected chi connectivity index (χ4v) is 7.38. The maximum atomic E-state index is 12.6. The Morgan fingerprint density at radius 3 is 2.87 bits per heavy atom. The molecule has 3 atom stereocenters. The molecule has 2 bridgehead atoms. The van der Waals surface area contributed by atoms with E-state index in [0.717, 1.165) is 72.6 Å². The molecule has 0 aliphatic carbocycles. The number of benzene rings is 2. The van der Waals surface area contributed by atoms with Crippen LogP contribution in [-0.2, 0) is 22.5 Å². The van der Waals surface area contributed by atoms with Crippen molar-refractivity contribution < 1.29 is 19.4 Å². The minimum atomic E-state index is -0.261. The van der Waals surface area contributed by atoms with Gasteiger partial charge >= 0.3 is 6.01 Å². The summed E-state index contributed by atoms with van der Waals surface area (Å²) in [5.41, 5.74) is 2.92. The van der Waals surface area contributed by atoms with Gasteiger partial charge in [0.2, 0.25) is 5.91 Å². The number of anilines is 2. The number of fused-ring (bicyclic) bond motifs is 4. The van der Waals surface area contributed by atoms with Crippen molar-refractivity contribution in [2.24, 2.45) is 0 Å². The van der Waals surface area contributed by atoms with Crippen LogP contribution in [0.25, 0.3) is 10.8 Å². The van der Waals surface area contributed by atoms with Crippen LogP contribution in [0.15, 0.2) is 49.1 Å². The Morgan fingerprint density at radius 2 is 2.07 bits per heavy atom. The van der Waals surface area contributed by atoms with Gasteiger partial charge in [0.15, 0.2) is 0 Å². The Bertz CT molecular complexity index is 1640. The number of rotatable bonds is 9. The van der Waals surface area contributed by atoms with Gasteiger partial charge in [-0.05, 0) is 36.8 Å². The molecule has 11 nitrogen and oxygen atoms in total. The molecule has 1 aromatic heterocycles. The quantitative estimate of drug-likeness (QED) is 0.286. The van der Waals surface area contributed by atoms with Crippen LogP contribution in [0.1, 0.15) is 30.5 Å². The van der Waals surface area contributed by atoms with Gasteiger partial charge in [0, 0.05) is 68.0 Å². The van der Waals surface area contributed by atoms with E-state index in [-0.39, 0.29) is 24.1 Å². The molecule has 11 heteroatoms. The number of morpholine rings is 1. The van der Waals surface area contributed by atoms with Gasteiger partial charge in [-0.1, -0.05) is 30.8 Å². The first-order valence-electron chi connectivity index (χ1n) is 15.9. The lowest BCUT2D eigenvalue weighted by Gasteiger charge is -2.42. The van der Waals surface area contributed by atoms with Crippen LogP contribution in [0, 0.1) is 11.3 Å². The number of carbonyl (C=O) groups excluding carboxylic acids is 1. The normalized spacial score (nSPS) is 22.8. The number of nitriles is 1. The molecule has 0 saturated carbocycles. The molecule has 3 fully saturated rings. The highest BCUT2D eigenvalue weighted by molar-refractivity contribution is 5.95. The lowest BCUT2D eigenvalue weighted by atomic mass is 10.0. The van der Waals surface area contributed by atoms with Gasteiger partial charge < -0.3 is 29.3 Å². The predicted octanol–water partition coefficient (Wildman–Crippen LogP) is 3.26. The summed E-state index contributed by atoms with van der Waals surface area (Å²) < 4.78 is 12.0. The standard InChI is InChI=1S/C34H39N7O4/c1-2-32(43)41-14-13-40(19-24(41)8-10-35)33-29-9-12-39(31-18-26(42)16-23-6-3-4-7-28(23)31)21-30(29)36-34(37-33)44-15-5-11-38-20-27-17-25(38)22-45-27/h2-4,6-7,16,18,24-25,27,42H,1,5,8-9,11-15,17,19-22H2/t24?,25-,27-/m0/s1. The smallest absolute Gasteiger partial charge is 0.318 e. The van der Waals surface area contributed by atoms with E-state index in [4.69, 9.17) is 19.4 Å². The number of hydrogen-bond donors (Lipinski definition) is 1. The Kier molecular flexibility index (Phi) is 8.17. The molecular weight excluding hydrogens is 570 g/mol. The summed E-state index contributed by atoms with van der Waals surface area (Å²) >= 11 is 0. The number of carbonyl (C=O) groups is 1. The van der Waals surface area contributed by atoms with E-state index in [1.807, 2.05) is 24.3 Å². The molecule has 3 saturated heterocycles. The number of phenolic OH excluding ortho intramolecular Hbond substituents is 1. The highest BCUT2D eigenvalue weighted by Gasteiger charge is 2.38. The summed E-state index contributed by atoms with van der Waals surface area (Å²) in [4.78, 5) is 31.1. The summed E-state index contributed by atoms with van der Waals surface area (Å²) in [5.74, 6) is 0.892. The number of aromatic nitrogens is 2. The van der Waals surface area contributed by atoms with Crippen molar-refractivity contribution in [2.45, 2.75) is 50.4 Å². The topological polar surface area (TPSA) is 118 Å². The second kappa shape index (κ2) is 12.5. The molecule has 0 spiro atoms. The van der Waals surface area contributed by atoms with Crippen LogP contribution >= 0.6 is 0 Å². The summed E-state index contributed by atoms with van der Waals surface area (Å²) in [5, 5.41) is 22.1. The first-order valence-corrected chi connectivity index (χ1v) is 15.9. The van der Waals surface area contributed by atoms with Crippen LogP contribution in [0.4, 0.5) is 11.5 Å². The van der Waals surface area contributed by atoms with Gasteiger partial charge in [0.25, 0.3) is 0 Å². The molecule has 45 heavy (non-hydrogen) atoms. The van der Waals surface area contributed by atoms with Gasteiger partial charge in [0.1, 0.15) is 11.6 Å². The molecule has 1 unspecified atom stereocenters. The largest absolute Gasteiger partial charge is 0.508 e. The van der Waals surface area contributed by atoms with Crippen LogP contribution in [0.2, 0.25) is 0 Å². The highest BCUT2D eigenvalue weighted by Crippen LogP contribution is 2.37. The molecule has 4 aliphatic heterocycles. The number of nitrogens with zero attached hydrogens (tertiary/aromatic N) is 7. The molecule has 0 radical (unpaired) electrons. The molecule has 1 N–H and O–H groups in total. The van der Waals surface area contributed by atoms with Gasteiger partial charge in [0.05, 0.1) is 50.1 Å². The van der Waals surface area contributed by atoms with Crippen LogP contribution in [-0.4, -0.2) is 101 Å². The van der Waals surface area contributed by atoms with Crippen molar-refractivity contribution in [3.05, 3.63) is 60.3 Å². The second-order valence-corrected chi connectivity index (χ2v) is 12.4. The SMILES string of the molecule is C=CC(=O)N1CCN(c2nc(OCCCN3C[C@@H]4C[C@H]3CO4)nc3c2CCN(c2cc(O)cc4ccccc24)C3)CC1CC#N. The number of phenols is 1. The molecule has 3 aromatic rings. The Balaban J connectivity index is 1.15. The third-order valence-electron chi connectivity index (χ3n) is 9.59. The van der Waals surface area contributed by atoms with Crippen molar-refractivity contribution in [1.82, 2.24) is 19.8 Å². The van der Waals surface area contributed by atoms with Gasteiger partial charge in [-0.25, -0.2) is 0 Å². The van der Waals surface area contributed by atoms with E-state index in [9.17, 15) is 15.2 Å². The second-order valence-electron chi connectivity index (χ2n) is 12.4. The predicted molar refractivity (Wildman–Crippen MR) is 170 cm³/mol. The third-order valence-corrected chi connectivity index (χ3v) is 9.59. The summed E-state index contributed by atoms with van der Waals surface area (Å²) in [7, 11) is 0. The van der Waals surface area contributed by atoms with E-state index in [0.29, 0.717) is 57.4 Å². The monoisotopic (exact) mass is 609 g/mol. The number of piperazine rings is 1. The van der Waals surface area contributed by atoms with Gasteiger partial charge in [-0.15, -0.1) is 0 Å². The summed E-state index contributed by atoms with van der Waals surface area (Å²) in [6, 6.07) is 14.6. The maximum absolute atomic E-state index is 12.6. The maximum Gasteiger partial charge on any atom is 0.318 e. The molecule has 234 valence electrons. The minimum Gasteiger partial charge on any atom is -0.508 e. The first kappa shape index (κ1) is 29.3. The molecule has 5 heterocycles. The summed E-state index contributed by atoms with van der Waals surface area (Å²) in [6.45, 7) is 9.77. The Hall–Kier alpha value is -4.40. The number of aromatic hydroxyl groups is 1. The number of amides is 1. The van der Waals surface area contributed by atoms with Crippen molar-refractivity contribution in [3.8, 4) is 17.8 Å². The molecule has 1 amide bonds. The van der Waals surface area contributed by atoms with E-state index >= 15 is 0 Å². The van der Waals surface area contributed by atoms with Crippen molar-refractivity contribution >= 4 is 28.2 Å². The Morgan fingerprint density at radius 1 is 1.18 bits per heavy atom. The number of ether oxygens (including phenoxy) is 2. The number of hydrogen-bond acceptors (Lipinski definition) is 10. The third kappa shape index (κ3) is 5.88. The fraction of sp³-hybridized carbons (Fsp3) is 0.471. The molecule has 7 rings (SSSR count). The van der Waals surface area contributed by atoms with Crippen molar-refractivity contribution in [2.75, 3.05) is 62.3 Å². The van der Waals surface area contributed by atoms with Gasteiger partial charge in [-0.2, -0.15) is 15.2 Å². The first-order chi connectivity index (χ1) is 22.0. The zero-order valence-corrected chi connectivity index (χ0v) is 25.5. The average Bonchev–Trinajstić information content (AvgIpc) is 3.69. The van der Waals surface area contributed by atoms with Crippen molar-refractivity contribution in [1.29, 1.82) is 5.26 Å². The lowest BCUT2D eigenvalue weighted by Crippen LogP contribution is -2.55. The lowest BCUT2D eigenvalue weighted by molar-refractivity contribution is -0.128. The van der Waals surface area contributed by atoms with E-state index in [2.05, 4.69) is 33.4 Å². The van der Waals surface area contributed by atoms with E-state index in [1.165, 1.54) is 6.08 Å². The van der Waals surface area contributed by atoms with Crippen molar-refractivity contribution in [3.63, 3.8) is 0 Å². The van der Waals surface area contributed by atoms with Crippen LogP contribution in [0.5, 0.6) is 11.8 Å². The highest BCUT2D eigenvalue weighted by atomic mass is 16.5. The molecule has 4 aliphatic rings. The zero-order chi connectivity index (χ0) is 30.9. The van der Waals surface area contributed by atoms with Crippen LogP contribution in [0.3, 0.4) is 0 Å². The number of likely N-dealkylation sites (tertiary alicyclic amines) is 1. The van der Waals surface area contributed by atoms with Crippen LogP contribution < -0.4 is 14.5 Å². The minimum absolute atomic E-state index is 0.157. The van der Waals surface area contributed by atoms with Gasteiger partial charge in [-0.3, -0.25) is 9.69 Å². The molecular formula is C34H39N7O4. The molecule has 2 aromatic carbocycles. The average molecular weight is 610 g/mol. The fourth-order valence-electron chi connectivity index (χ4n) is 7.38. The Labute approximate surface area is 263 Å². The zero-order valence-electron chi connectivity index (χ0n) is 25.5. The van der Waals surface area contributed by atoms with E-state index in [1.54, 1.807) is 11.0 Å². The summed E-state index contributed by atoms with van der Waals surface area (Å²) in [6.07, 6.45) is 4.63.